The Bertz CT molecular complexity index is 642. The Morgan fingerprint density at radius 3 is 2.64 bits per heavy atom. The monoisotopic (exact) mass is 298 g/mol. The number of benzene rings is 1. The molecule has 0 amide bonds. The van der Waals surface area contributed by atoms with E-state index in [0.717, 1.165) is 36.4 Å². The Labute approximate surface area is 131 Å². The van der Waals surface area contributed by atoms with Crippen molar-refractivity contribution in [1.29, 1.82) is 0 Å². The van der Waals surface area contributed by atoms with Gasteiger partial charge in [0.05, 0.1) is 11.3 Å². The molecule has 1 saturated heterocycles. The molecule has 22 heavy (non-hydrogen) atoms. The Balaban J connectivity index is 1.75. The van der Waals surface area contributed by atoms with Gasteiger partial charge in [0.25, 0.3) is 0 Å². The van der Waals surface area contributed by atoms with Crippen LogP contribution in [-0.2, 0) is 4.74 Å². The first kappa shape index (κ1) is 14.9. The van der Waals surface area contributed by atoms with Crippen LogP contribution in [0.15, 0.2) is 30.3 Å². The second kappa shape index (κ2) is 6.01. The van der Waals surface area contributed by atoms with Gasteiger partial charge in [0.1, 0.15) is 5.69 Å². The summed E-state index contributed by atoms with van der Waals surface area (Å²) in [5.41, 5.74) is 2.66. The highest BCUT2D eigenvalue weighted by Crippen LogP contribution is 2.26. The van der Waals surface area contributed by atoms with E-state index in [1.807, 2.05) is 37.3 Å². The number of nitrogens with one attached hydrogen (secondary N) is 1. The number of aryl methyl sites for hydroxylation is 1. The van der Waals surface area contributed by atoms with E-state index in [4.69, 9.17) is 4.74 Å². The van der Waals surface area contributed by atoms with Crippen LogP contribution in [0.5, 0.6) is 0 Å². The molecule has 1 aliphatic heterocycles. The van der Waals surface area contributed by atoms with Gasteiger partial charge in [-0.3, -0.25) is 0 Å². The predicted molar refractivity (Wildman–Crippen MR) is 86.7 cm³/mol. The van der Waals surface area contributed by atoms with Crippen molar-refractivity contribution in [2.75, 3.05) is 11.9 Å². The molecule has 5 nitrogen and oxygen atoms in total. The maximum absolute atomic E-state index is 5.74. The fourth-order valence-corrected chi connectivity index (χ4v) is 2.87. The van der Waals surface area contributed by atoms with Crippen LogP contribution in [0.3, 0.4) is 0 Å². The molecule has 5 heteroatoms. The van der Waals surface area contributed by atoms with Gasteiger partial charge in [0.2, 0.25) is 5.95 Å². The van der Waals surface area contributed by atoms with Crippen molar-refractivity contribution in [3.8, 4) is 11.3 Å². The zero-order valence-corrected chi connectivity index (χ0v) is 13.3. The Morgan fingerprint density at radius 2 is 1.95 bits per heavy atom. The molecule has 0 spiro atoms. The van der Waals surface area contributed by atoms with Crippen molar-refractivity contribution < 1.29 is 4.74 Å². The van der Waals surface area contributed by atoms with Gasteiger partial charge in [0.15, 0.2) is 0 Å². The van der Waals surface area contributed by atoms with Crippen molar-refractivity contribution in [3.05, 3.63) is 36.0 Å². The molecule has 0 aliphatic carbocycles. The maximum atomic E-state index is 5.74. The molecule has 2 heterocycles. The topological polar surface area (TPSA) is 59.9 Å². The Hall–Kier alpha value is -2.01. The first-order chi connectivity index (χ1) is 10.5. The quantitative estimate of drug-likeness (QED) is 0.942. The summed E-state index contributed by atoms with van der Waals surface area (Å²) < 4.78 is 5.74. The van der Waals surface area contributed by atoms with E-state index < -0.39 is 0 Å². The Morgan fingerprint density at radius 1 is 1.18 bits per heavy atom. The highest BCUT2D eigenvalue weighted by Gasteiger charge is 2.29. The maximum Gasteiger partial charge on any atom is 0.243 e. The number of hydrogen-bond donors (Lipinski definition) is 1. The number of rotatable bonds is 3. The third-order valence-corrected chi connectivity index (χ3v) is 3.94. The van der Waals surface area contributed by atoms with Crippen LogP contribution in [0.2, 0.25) is 0 Å². The van der Waals surface area contributed by atoms with Crippen LogP contribution in [0, 0.1) is 6.92 Å². The minimum absolute atomic E-state index is 0.0949. The molecule has 1 N–H and O–H groups in total. The summed E-state index contributed by atoms with van der Waals surface area (Å²) >= 11 is 0. The summed E-state index contributed by atoms with van der Waals surface area (Å²) in [5, 5.41) is 12.0. The number of aromatic nitrogens is 3. The van der Waals surface area contributed by atoms with E-state index >= 15 is 0 Å². The molecule has 1 atom stereocenters. The van der Waals surface area contributed by atoms with Gasteiger partial charge >= 0.3 is 0 Å². The fourth-order valence-electron chi connectivity index (χ4n) is 2.87. The molecule has 0 saturated carbocycles. The van der Waals surface area contributed by atoms with Gasteiger partial charge < -0.3 is 10.1 Å². The minimum Gasteiger partial charge on any atom is -0.375 e. The van der Waals surface area contributed by atoms with Crippen LogP contribution in [0.25, 0.3) is 11.3 Å². The molecule has 1 aromatic carbocycles. The summed E-state index contributed by atoms with van der Waals surface area (Å²) in [5.74, 6) is 0.597. The summed E-state index contributed by atoms with van der Waals surface area (Å²) in [4.78, 5) is 4.57. The summed E-state index contributed by atoms with van der Waals surface area (Å²) in [6.45, 7) is 6.96. The largest absolute Gasteiger partial charge is 0.375 e. The van der Waals surface area contributed by atoms with E-state index in [1.165, 1.54) is 0 Å². The summed E-state index contributed by atoms with van der Waals surface area (Å²) in [6.07, 6.45) is 1.90. The normalized spacial score (nSPS) is 20.6. The number of anilines is 1. The average molecular weight is 298 g/mol. The fraction of sp³-hybridized carbons (Fsp3) is 0.471. The lowest BCUT2D eigenvalue weighted by molar-refractivity contribution is -0.0554. The second-order valence-corrected chi connectivity index (χ2v) is 6.38. The molecule has 116 valence electrons. The van der Waals surface area contributed by atoms with Crippen LogP contribution < -0.4 is 5.32 Å². The molecular formula is C17H22N4O. The second-order valence-electron chi connectivity index (χ2n) is 6.38. The standard InChI is InChI=1S/C17H22N4O/c1-12-15(13-7-5-4-6-8-13)20-21-16(18-12)19-14-9-10-22-17(2,3)11-14/h4-8,14H,9-11H2,1-3H3,(H,18,19,21). The van der Waals surface area contributed by atoms with Gasteiger partial charge in [-0.05, 0) is 33.6 Å². The molecule has 1 fully saturated rings. The molecule has 1 aliphatic rings. The van der Waals surface area contributed by atoms with Gasteiger partial charge in [0, 0.05) is 18.2 Å². The lowest BCUT2D eigenvalue weighted by Gasteiger charge is -2.35. The molecule has 1 unspecified atom stereocenters. The van der Waals surface area contributed by atoms with Crippen LogP contribution in [0.4, 0.5) is 5.95 Å². The van der Waals surface area contributed by atoms with Crippen molar-refractivity contribution in [1.82, 2.24) is 15.2 Å². The van der Waals surface area contributed by atoms with Gasteiger partial charge in [-0.25, -0.2) is 4.98 Å². The first-order valence-electron chi connectivity index (χ1n) is 7.71. The van der Waals surface area contributed by atoms with Crippen LogP contribution >= 0.6 is 0 Å². The third-order valence-electron chi connectivity index (χ3n) is 3.94. The van der Waals surface area contributed by atoms with Crippen LogP contribution in [-0.4, -0.2) is 33.4 Å². The zero-order valence-electron chi connectivity index (χ0n) is 13.3. The van der Waals surface area contributed by atoms with Crippen molar-refractivity contribution in [3.63, 3.8) is 0 Å². The van der Waals surface area contributed by atoms with Crippen molar-refractivity contribution >= 4 is 5.95 Å². The highest BCUT2D eigenvalue weighted by atomic mass is 16.5. The number of nitrogens with zero attached hydrogens (tertiary/aromatic N) is 3. The smallest absolute Gasteiger partial charge is 0.243 e. The van der Waals surface area contributed by atoms with E-state index in [-0.39, 0.29) is 5.60 Å². The lowest BCUT2D eigenvalue weighted by atomic mass is 9.94. The van der Waals surface area contributed by atoms with E-state index in [0.29, 0.717) is 12.0 Å². The van der Waals surface area contributed by atoms with Crippen molar-refractivity contribution in [2.24, 2.45) is 0 Å². The third kappa shape index (κ3) is 3.42. The van der Waals surface area contributed by atoms with Gasteiger partial charge in [-0.2, -0.15) is 0 Å². The molecule has 2 aromatic rings. The summed E-state index contributed by atoms with van der Waals surface area (Å²) in [6, 6.07) is 10.3. The molecular weight excluding hydrogens is 276 g/mol. The molecule has 0 bridgehead atoms. The molecule has 1 aromatic heterocycles. The van der Waals surface area contributed by atoms with Gasteiger partial charge in [-0.1, -0.05) is 30.3 Å². The minimum atomic E-state index is -0.0949. The number of hydrogen-bond acceptors (Lipinski definition) is 5. The van der Waals surface area contributed by atoms with Crippen LogP contribution in [0.1, 0.15) is 32.4 Å². The molecule has 0 radical (unpaired) electrons. The van der Waals surface area contributed by atoms with E-state index in [2.05, 4.69) is 34.3 Å². The van der Waals surface area contributed by atoms with E-state index in [9.17, 15) is 0 Å². The Kier molecular flexibility index (Phi) is 4.07. The zero-order chi connectivity index (χ0) is 15.6. The number of ether oxygens (including phenoxy) is 1. The first-order valence-corrected chi connectivity index (χ1v) is 7.71. The summed E-state index contributed by atoms with van der Waals surface area (Å²) in [7, 11) is 0. The van der Waals surface area contributed by atoms with Crippen molar-refractivity contribution in [2.45, 2.75) is 45.3 Å². The average Bonchev–Trinajstić information content (AvgIpc) is 2.47. The van der Waals surface area contributed by atoms with Gasteiger partial charge in [-0.15, -0.1) is 10.2 Å². The SMILES string of the molecule is Cc1nc(NC2CCOC(C)(C)C2)nnc1-c1ccccc1. The van der Waals surface area contributed by atoms with E-state index in [1.54, 1.807) is 0 Å². The molecule has 3 rings (SSSR count). The predicted octanol–water partition coefficient (Wildman–Crippen LogP) is 3.22. The highest BCUT2D eigenvalue weighted by molar-refractivity contribution is 5.61. The lowest BCUT2D eigenvalue weighted by Crippen LogP contribution is -2.40.